The quantitative estimate of drug-likeness (QED) is 0.736. The van der Waals surface area contributed by atoms with E-state index in [1.807, 2.05) is 22.9 Å². The van der Waals surface area contributed by atoms with Crippen LogP contribution in [0.1, 0.15) is 23.2 Å². The molecule has 1 atom stereocenters. The van der Waals surface area contributed by atoms with E-state index < -0.39 is 0 Å². The zero-order chi connectivity index (χ0) is 17.4. The number of hydrogen-bond donors (Lipinski definition) is 2. The van der Waals surface area contributed by atoms with E-state index in [2.05, 4.69) is 21.0 Å². The Bertz CT molecular complexity index is 969. The first-order valence-corrected chi connectivity index (χ1v) is 8.11. The average molecular weight is 331 g/mol. The van der Waals surface area contributed by atoms with Gasteiger partial charge in [0.25, 0.3) is 0 Å². The van der Waals surface area contributed by atoms with Crippen LogP contribution in [0, 0.1) is 11.3 Å². The summed E-state index contributed by atoms with van der Waals surface area (Å²) in [6, 6.07) is 7.87. The normalized spacial score (nSPS) is 16.2. The van der Waals surface area contributed by atoms with E-state index in [4.69, 9.17) is 11.5 Å². The van der Waals surface area contributed by atoms with Crippen molar-refractivity contribution < 1.29 is 0 Å². The summed E-state index contributed by atoms with van der Waals surface area (Å²) in [5.74, 6) is 0.795. The molecule has 0 radical (unpaired) electrons. The molecule has 0 aliphatic heterocycles. The highest BCUT2D eigenvalue weighted by Gasteiger charge is 2.26. The molecule has 3 aromatic heterocycles. The van der Waals surface area contributed by atoms with E-state index in [0.29, 0.717) is 17.9 Å². The lowest BCUT2D eigenvalue weighted by molar-refractivity contribution is 0.568. The van der Waals surface area contributed by atoms with Gasteiger partial charge in [-0.2, -0.15) is 5.26 Å². The summed E-state index contributed by atoms with van der Waals surface area (Å²) >= 11 is 0. The molecule has 0 amide bonds. The molecule has 1 aliphatic rings. The fourth-order valence-electron chi connectivity index (χ4n) is 3.38. The first-order chi connectivity index (χ1) is 12.2. The van der Waals surface area contributed by atoms with Gasteiger partial charge in [-0.1, -0.05) is 0 Å². The fourth-order valence-corrected chi connectivity index (χ4v) is 3.38. The number of aryl methyl sites for hydroxylation is 1. The van der Waals surface area contributed by atoms with Gasteiger partial charge in [0.05, 0.1) is 5.69 Å². The van der Waals surface area contributed by atoms with Crippen LogP contribution in [0.25, 0.3) is 17.2 Å². The number of pyridine rings is 1. The number of rotatable bonds is 2. The third-order valence-corrected chi connectivity index (χ3v) is 4.51. The summed E-state index contributed by atoms with van der Waals surface area (Å²) in [7, 11) is 0. The molecule has 1 aliphatic carbocycles. The van der Waals surface area contributed by atoms with Crippen molar-refractivity contribution in [3.05, 3.63) is 53.6 Å². The van der Waals surface area contributed by atoms with E-state index in [1.165, 1.54) is 0 Å². The van der Waals surface area contributed by atoms with Crippen molar-refractivity contribution in [3.8, 4) is 23.3 Å². The summed E-state index contributed by atoms with van der Waals surface area (Å²) in [5.41, 5.74) is 16.2. The molecule has 25 heavy (non-hydrogen) atoms. The Morgan fingerprint density at radius 3 is 2.80 bits per heavy atom. The van der Waals surface area contributed by atoms with E-state index in [1.54, 1.807) is 18.5 Å². The van der Waals surface area contributed by atoms with Crippen molar-refractivity contribution in [2.75, 3.05) is 5.73 Å². The topological polar surface area (TPSA) is 119 Å². The third-order valence-electron chi connectivity index (χ3n) is 4.51. The van der Waals surface area contributed by atoms with Gasteiger partial charge in [-0.05, 0) is 43.0 Å². The molecule has 0 bridgehead atoms. The van der Waals surface area contributed by atoms with E-state index in [0.717, 1.165) is 35.4 Å². The second-order valence-corrected chi connectivity index (χ2v) is 6.10. The van der Waals surface area contributed by atoms with Gasteiger partial charge in [0.2, 0.25) is 5.95 Å². The number of nitrogens with zero attached hydrogens (tertiary/aromatic N) is 5. The minimum atomic E-state index is 0.0552. The molecule has 7 heteroatoms. The minimum Gasteiger partial charge on any atom is -0.383 e. The SMILES string of the molecule is N#Cc1c(N)nc2c(c1-c1cccn1-c1ncccn1)CC(N)CC2. The molecule has 0 aromatic carbocycles. The largest absolute Gasteiger partial charge is 0.383 e. The van der Waals surface area contributed by atoms with Crippen molar-refractivity contribution in [2.24, 2.45) is 5.73 Å². The van der Waals surface area contributed by atoms with Gasteiger partial charge in [0, 0.05) is 35.9 Å². The van der Waals surface area contributed by atoms with Gasteiger partial charge >= 0.3 is 0 Å². The van der Waals surface area contributed by atoms with Crippen LogP contribution in [0.3, 0.4) is 0 Å². The molecule has 3 heterocycles. The smallest absolute Gasteiger partial charge is 0.234 e. The zero-order valence-corrected chi connectivity index (χ0v) is 13.6. The van der Waals surface area contributed by atoms with Crippen LogP contribution in [0.15, 0.2) is 36.8 Å². The van der Waals surface area contributed by atoms with E-state index >= 15 is 0 Å². The summed E-state index contributed by atoms with van der Waals surface area (Å²) in [6.07, 6.45) is 7.55. The van der Waals surface area contributed by atoms with Crippen LogP contribution in [0.4, 0.5) is 5.82 Å². The Hall–Kier alpha value is -3.24. The Balaban J connectivity index is 2.00. The Morgan fingerprint density at radius 2 is 2.04 bits per heavy atom. The zero-order valence-electron chi connectivity index (χ0n) is 13.6. The first kappa shape index (κ1) is 15.3. The second kappa shape index (κ2) is 6.00. The van der Waals surface area contributed by atoms with Gasteiger partial charge in [-0.3, -0.25) is 4.57 Å². The third kappa shape index (κ3) is 2.53. The summed E-state index contributed by atoms with van der Waals surface area (Å²) < 4.78 is 1.86. The molecule has 4 N–H and O–H groups in total. The standard InChI is InChI=1S/C18H17N7/c19-10-13-16(12-9-11(20)4-5-14(12)24-17(13)21)15-3-1-8-25(15)18-22-6-2-7-23-18/h1-3,6-8,11H,4-5,9,20H2,(H2,21,24). The van der Waals surface area contributed by atoms with E-state index in [9.17, 15) is 5.26 Å². The molecule has 0 fully saturated rings. The van der Waals surface area contributed by atoms with Gasteiger partial charge in [0.1, 0.15) is 17.5 Å². The first-order valence-electron chi connectivity index (χ1n) is 8.11. The highest BCUT2D eigenvalue weighted by Crippen LogP contribution is 2.36. The van der Waals surface area contributed by atoms with Gasteiger partial charge in [-0.25, -0.2) is 15.0 Å². The van der Waals surface area contributed by atoms with Crippen LogP contribution >= 0.6 is 0 Å². The van der Waals surface area contributed by atoms with Gasteiger partial charge < -0.3 is 11.5 Å². The number of anilines is 1. The molecule has 0 saturated carbocycles. The molecule has 0 spiro atoms. The van der Waals surface area contributed by atoms with E-state index in [-0.39, 0.29) is 11.9 Å². The Morgan fingerprint density at radius 1 is 1.24 bits per heavy atom. The van der Waals surface area contributed by atoms with Crippen LogP contribution < -0.4 is 11.5 Å². The van der Waals surface area contributed by atoms with Crippen LogP contribution in [-0.2, 0) is 12.8 Å². The second-order valence-electron chi connectivity index (χ2n) is 6.10. The number of nitrogens with two attached hydrogens (primary N) is 2. The minimum absolute atomic E-state index is 0.0552. The molecule has 0 saturated heterocycles. The maximum absolute atomic E-state index is 9.69. The maximum atomic E-state index is 9.69. The predicted octanol–water partition coefficient (Wildman–Crippen LogP) is 1.60. The van der Waals surface area contributed by atoms with Crippen LogP contribution in [-0.4, -0.2) is 25.6 Å². The number of aromatic nitrogens is 4. The molecule has 4 rings (SSSR count). The molecular formula is C18H17N7. The summed E-state index contributed by atoms with van der Waals surface area (Å²) in [5, 5.41) is 9.69. The van der Waals surface area contributed by atoms with Crippen LogP contribution in [0.2, 0.25) is 0 Å². The number of hydrogen-bond acceptors (Lipinski definition) is 6. The number of nitriles is 1. The average Bonchev–Trinajstić information content (AvgIpc) is 3.11. The van der Waals surface area contributed by atoms with Gasteiger partial charge in [-0.15, -0.1) is 0 Å². The highest BCUT2D eigenvalue weighted by molar-refractivity contribution is 5.78. The lowest BCUT2D eigenvalue weighted by atomic mass is 9.86. The lowest BCUT2D eigenvalue weighted by Crippen LogP contribution is -2.29. The molecular weight excluding hydrogens is 314 g/mol. The number of fused-ring (bicyclic) bond motifs is 1. The van der Waals surface area contributed by atoms with Gasteiger partial charge in [0.15, 0.2) is 0 Å². The van der Waals surface area contributed by atoms with Crippen molar-refractivity contribution in [1.82, 2.24) is 19.5 Å². The Kier molecular flexibility index (Phi) is 3.67. The van der Waals surface area contributed by atoms with Crippen LogP contribution in [0.5, 0.6) is 0 Å². The fraction of sp³-hybridized carbons (Fsp3) is 0.222. The summed E-state index contributed by atoms with van der Waals surface area (Å²) in [4.78, 5) is 13.1. The molecule has 1 unspecified atom stereocenters. The molecule has 124 valence electrons. The number of nitrogen functional groups attached to an aromatic ring is 1. The summed E-state index contributed by atoms with van der Waals surface area (Å²) in [6.45, 7) is 0. The molecule has 3 aromatic rings. The molecule has 7 nitrogen and oxygen atoms in total. The van der Waals surface area contributed by atoms with Crippen molar-refractivity contribution in [3.63, 3.8) is 0 Å². The highest BCUT2D eigenvalue weighted by atomic mass is 15.1. The Labute approximate surface area is 145 Å². The van der Waals surface area contributed by atoms with Crippen molar-refractivity contribution in [1.29, 1.82) is 5.26 Å². The van der Waals surface area contributed by atoms with Crippen molar-refractivity contribution in [2.45, 2.75) is 25.3 Å². The monoisotopic (exact) mass is 331 g/mol. The lowest BCUT2D eigenvalue weighted by Gasteiger charge is -2.25. The van der Waals surface area contributed by atoms with Crippen molar-refractivity contribution >= 4 is 5.82 Å². The predicted molar refractivity (Wildman–Crippen MR) is 93.7 cm³/mol. The maximum Gasteiger partial charge on any atom is 0.234 e.